The minimum absolute atomic E-state index is 0.172. The molecule has 1 aromatic carbocycles. The number of ether oxygens (including phenoxy) is 3. The molecule has 32 heavy (non-hydrogen) atoms. The zero-order valence-electron chi connectivity index (χ0n) is 17.5. The third-order valence-corrected chi connectivity index (χ3v) is 5.36. The zero-order chi connectivity index (χ0) is 21.9. The van der Waals surface area contributed by atoms with Crippen molar-refractivity contribution in [2.24, 2.45) is 0 Å². The average Bonchev–Trinajstić information content (AvgIpc) is 3.49. The zero-order valence-corrected chi connectivity index (χ0v) is 17.5. The quantitative estimate of drug-likeness (QED) is 0.566. The first-order valence-corrected chi connectivity index (χ1v) is 10.6. The molecule has 2 aliphatic rings. The summed E-state index contributed by atoms with van der Waals surface area (Å²) in [5, 5.41) is 3.25. The molecule has 1 atom stereocenters. The number of hydrogen-bond donors (Lipinski definition) is 2. The predicted octanol–water partition coefficient (Wildman–Crippen LogP) is 3.87. The third kappa shape index (κ3) is 4.55. The summed E-state index contributed by atoms with van der Waals surface area (Å²) in [6, 6.07) is 7.97. The van der Waals surface area contributed by atoms with Gasteiger partial charge in [0.15, 0.2) is 5.82 Å². The number of imidazole rings is 1. The van der Waals surface area contributed by atoms with Crippen LogP contribution in [0.25, 0.3) is 22.6 Å². The number of rotatable bonds is 6. The van der Waals surface area contributed by atoms with E-state index in [0.717, 1.165) is 30.6 Å². The van der Waals surface area contributed by atoms with Crippen LogP contribution in [0.2, 0.25) is 0 Å². The first kappa shape index (κ1) is 20.7. The van der Waals surface area contributed by atoms with Crippen molar-refractivity contribution in [1.29, 1.82) is 0 Å². The van der Waals surface area contributed by atoms with E-state index in [1.54, 1.807) is 24.4 Å². The summed E-state index contributed by atoms with van der Waals surface area (Å²) in [7, 11) is 0. The highest BCUT2D eigenvalue weighted by atomic mass is 19.1. The van der Waals surface area contributed by atoms with Crippen molar-refractivity contribution < 1.29 is 18.6 Å². The van der Waals surface area contributed by atoms with E-state index in [9.17, 15) is 4.39 Å². The summed E-state index contributed by atoms with van der Waals surface area (Å²) in [4.78, 5) is 17.0. The van der Waals surface area contributed by atoms with Crippen LogP contribution in [-0.2, 0) is 14.2 Å². The van der Waals surface area contributed by atoms with Crippen molar-refractivity contribution in [1.82, 2.24) is 19.9 Å². The molecule has 8 nitrogen and oxygen atoms in total. The molecule has 2 saturated heterocycles. The van der Waals surface area contributed by atoms with Crippen LogP contribution in [0.3, 0.4) is 0 Å². The molecule has 0 spiro atoms. The Hall–Kier alpha value is -3.14. The fraction of sp³-hybridized carbons (Fsp3) is 0.348. The molecule has 0 saturated carbocycles. The van der Waals surface area contributed by atoms with Crippen LogP contribution < -0.4 is 5.32 Å². The summed E-state index contributed by atoms with van der Waals surface area (Å²) in [6.45, 7) is 6.12. The van der Waals surface area contributed by atoms with Gasteiger partial charge in [-0.25, -0.2) is 19.3 Å². The van der Waals surface area contributed by atoms with E-state index in [0.29, 0.717) is 48.6 Å². The van der Waals surface area contributed by atoms with Crippen LogP contribution >= 0.6 is 0 Å². The summed E-state index contributed by atoms with van der Waals surface area (Å²) in [6.07, 6.45) is 3.31. The van der Waals surface area contributed by atoms with Gasteiger partial charge in [0, 0.05) is 24.9 Å². The number of halogens is 1. The molecular weight excluding hydrogens is 413 g/mol. The molecule has 1 unspecified atom stereocenters. The molecular formula is C23H24FN5O3. The van der Waals surface area contributed by atoms with Crippen LogP contribution in [-0.4, -0.2) is 52.4 Å². The molecule has 0 amide bonds. The molecule has 0 aliphatic carbocycles. The molecule has 3 aromatic rings. The van der Waals surface area contributed by atoms with Crippen LogP contribution in [0, 0.1) is 5.82 Å². The number of nitrogens with zero attached hydrogens (tertiary/aromatic N) is 3. The van der Waals surface area contributed by atoms with Gasteiger partial charge in [-0.1, -0.05) is 6.58 Å². The molecule has 166 valence electrons. The second-order valence-corrected chi connectivity index (χ2v) is 7.84. The standard InChI is InChI=1S/C23H24FN5O3/c1-14-12-31-22(32-13-14)21-28-19(15-4-6-16(24)7-5-15)20(29-21)18-8-9-25-23(27-18)26-11-17-3-2-10-30-17/h4-9,17,22H,1-3,10-13H2,(H,28,29)(H,25,26,27). The van der Waals surface area contributed by atoms with Crippen LogP contribution in [0.4, 0.5) is 10.3 Å². The number of anilines is 1. The Morgan fingerprint density at radius 1 is 1.09 bits per heavy atom. The Morgan fingerprint density at radius 2 is 1.91 bits per heavy atom. The van der Waals surface area contributed by atoms with Gasteiger partial charge in [-0.05, 0) is 48.7 Å². The van der Waals surface area contributed by atoms with Crippen molar-refractivity contribution in [3.63, 3.8) is 0 Å². The lowest BCUT2D eigenvalue weighted by molar-refractivity contribution is -0.165. The third-order valence-electron chi connectivity index (χ3n) is 5.36. The number of benzene rings is 1. The molecule has 5 rings (SSSR count). The van der Waals surface area contributed by atoms with Gasteiger partial charge in [0.25, 0.3) is 0 Å². The van der Waals surface area contributed by atoms with Gasteiger partial charge < -0.3 is 24.5 Å². The van der Waals surface area contributed by atoms with Gasteiger partial charge in [0.2, 0.25) is 12.2 Å². The van der Waals surface area contributed by atoms with E-state index in [4.69, 9.17) is 19.2 Å². The van der Waals surface area contributed by atoms with E-state index in [2.05, 4.69) is 26.8 Å². The topological polar surface area (TPSA) is 94.2 Å². The number of nitrogens with one attached hydrogen (secondary N) is 2. The van der Waals surface area contributed by atoms with E-state index < -0.39 is 6.29 Å². The number of H-pyrrole nitrogens is 1. The van der Waals surface area contributed by atoms with Crippen molar-refractivity contribution >= 4 is 5.95 Å². The van der Waals surface area contributed by atoms with E-state index in [-0.39, 0.29) is 11.9 Å². The lowest BCUT2D eigenvalue weighted by Gasteiger charge is -2.22. The van der Waals surface area contributed by atoms with Gasteiger partial charge in [0.1, 0.15) is 5.82 Å². The second-order valence-electron chi connectivity index (χ2n) is 7.84. The molecule has 2 aromatic heterocycles. The number of aromatic nitrogens is 4. The van der Waals surface area contributed by atoms with Gasteiger partial charge >= 0.3 is 0 Å². The summed E-state index contributed by atoms with van der Waals surface area (Å²) in [5.74, 6) is 0.700. The minimum Gasteiger partial charge on any atom is -0.376 e. The SMILES string of the molecule is C=C1COC(c2nc(-c3ccc(F)cc3)c(-c3ccnc(NCC4CCCO4)n3)[nH]2)OC1. The fourth-order valence-corrected chi connectivity index (χ4v) is 3.73. The van der Waals surface area contributed by atoms with E-state index >= 15 is 0 Å². The maximum Gasteiger partial charge on any atom is 0.223 e. The monoisotopic (exact) mass is 437 g/mol. The lowest BCUT2D eigenvalue weighted by Crippen LogP contribution is -2.20. The summed E-state index contributed by atoms with van der Waals surface area (Å²) in [5.41, 5.74) is 3.56. The predicted molar refractivity (Wildman–Crippen MR) is 116 cm³/mol. The van der Waals surface area contributed by atoms with E-state index in [1.165, 1.54) is 12.1 Å². The molecule has 2 fully saturated rings. The Labute approximate surface area is 184 Å². The first-order valence-electron chi connectivity index (χ1n) is 10.6. The van der Waals surface area contributed by atoms with Crippen molar-refractivity contribution in [2.45, 2.75) is 25.2 Å². The van der Waals surface area contributed by atoms with Gasteiger partial charge in [-0.3, -0.25) is 0 Å². The maximum atomic E-state index is 13.5. The fourth-order valence-electron chi connectivity index (χ4n) is 3.73. The largest absolute Gasteiger partial charge is 0.376 e. The van der Waals surface area contributed by atoms with Crippen LogP contribution in [0.15, 0.2) is 48.7 Å². The number of aromatic amines is 1. The smallest absolute Gasteiger partial charge is 0.223 e. The molecule has 2 aliphatic heterocycles. The Morgan fingerprint density at radius 3 is 2.66 bits per heavy atom. The summed E-state index contributed by atoms with van der Waals surface area (Å²) < 4.78 is 30.6. The molecule has 9 heteroatoms. The highest BCUT2D eigenvalue weighted by Gasteiger charge is 2.25. The Balaban J connectivity index is 1.46. The van der Waals surface area contributed by atoms with Crippen molar-refractivity contribution in [3.8, 4) is 22.6 Å². The second kappa shape index (κ2) is 9.15. The molecule has 2 N–H and O–H groups in total. The maximum absolute atomic E-state index is 13.5. The van der Waals surface area contributed by atoms with Gasteiger partial charge in [-0.15, -0.1) is 0 Å². The van der Waals surface area contributed by atoms with Crippen molar-refractivity contribution in [3.05, 3.63) is 60.3 Å². The Bertz CT molecular complexity index is 1090. The van der Waals surface area contributed by atoms with Gasteiger partial charge in [-0.2, -0.15) is 0 Å². The molecule has 4 heterocycles. The van der Waals surface area contributed by atoms with E-state index in [1.807, 2.05) is 0 Å². The number of hydrogen-bond acceptors (Lipinski definition) is 7. The Kier molecular flexibility index (Phi) is 5.93. The lowest BCUT2D eigenvalue weighted by atomic mass is 10.1. The van der Waals surface area contributed by atoms with Gasteiger partial charge in [0.05, 0.1) is 36.4 Å². The highest BCUT2D eigenvalue weighted by molar-refractivity contribution is 5.77. The summed E-state index contributed by atoms with van der Waals surface area (Å²) >= 11 is 0. The highest BCUT2D eigenvalue weighted by Crippen LogP contribution is 2.33. The minimum atomic E-state index is -0.646. The van der Waals surface area contributed by atoms with Crippen molar-refractivity contribution in [2.75, 3.05) is 31.7 Å². The normalized spacial score (nSPS) is 19.4. The van der Waals surface area contributed by atoms with Crippen LogP contribution in [0.5, 0.6) is 0 Å². The first-order chi connectivity index (χ1) is 15.7. The molecule has 0 radical (unpaired) electrons. The average molecular weight is 437 g/mol. The molecule has 0 bridgehead atoms. The van der Waals surface area contributed by atoms with Crippen LogP contribution in [0.1, 0.15) is 25.0 Å².